The summed E-state index contributed by atoms with van der Waals surface area (Å²) < 4.78 is 13.2. The number of benzene rings is 1. The number of nitrogens with zero attached hydrogens (tertiary/aromatic N) is 2. The molecule has 1 N–H and O–H groups in total. The molecule has 0 aliphatic heterocycles. The lowest BCUT2D eigenvalue weighted by molar-refractivity contribution is 0.0827. The highest BCUT2D eigenvalue weighted by Crippen LogP contribution is 2.18. The van der Waals surface area contributed by atoms with E-state index in [4.69, 9.17) is 0 Å². The third-order valence-electron chi connectivity index (χ3n) is 3.13. The summed E-state index contributed by atoms with van der Waals surface area (Å²) >= 11 is 0. The van der Waals surface area contributed by atoms with Gasteiger partial charge in [-0.05, 0) is 36.8 Å². The van der Waals surface area contributed by atoms with E-state index in [2.05, 4.69) is 10.3 Å². The van der Waals surface area contributed by atoms with Crippen LogP contribution in [0, 0.1) is 5.82 Å². The van der Waals surface area contributed by atoms with Crippen LogP contribution in [0.4, 0.5) is 10.2 Å². The lowest BCUT2D eigenvalue weighted by Crippen LogP contribution is -2.21. The van der Waals surface area contributed by atoms with E-state index >= 15 is 0 Å². The first-order valence-corrected chi connectivity index (χ1v) is 6.67. The van der Waals surface area contributed by atoms with Gasteiger partial charge in [0.15, 0.2) is 0 Å². The van der Waals surface area contributed by atoms with E-state index in [-0.39, 0.29) is 17.8 Å². The number of rotatable bonds is 4. The zero-order valence-electron chi connectivity index (χ0n) is 12.3. The third kappa shape index (κ3) is 3.78. The summed E-state index contributed by atoms with van der Waals surface area (Å²) in [6, 6.07) is 9.81. The van der Waals surface area contributed by atoms with Crippen LogP contribution in [0.1, 0.15) is 28.9 Å². The number of aromatic nitrogens is 1. The van der Waals surface area contributed by atoms with Gasteiger partial charge in [-0.3, -0.25) is 4.79 Å². The van der Waals surface area contributed by atoms with E-state index in [9.17, 15) is 9.18 Å². The van der Waals surface area contributed by atoms with Crippen LogP contribution in [-0.4, -0.2) is 29.9 Å². The van der Waals surface area contributed by atoms with Crippen molar-refractivity contribution in [2.24, 2.45) is 0 Å². The van der Waals surface area contributed by atoms with Crippen LogP contribution < -0.4 is 5.32 Å². The van der Waals surface area contributed by atoms with Gasteiger partial charge in [0.2, 0.25) is 0 Å². The molecule has 1 aromatic heterocycles. The SMILES string of the molecule is CC(Nc1ccc(C(=O)N(C)C)cn1)c1cccc(F)c1. The molecule has 2 aromatic rings. The highest BCUT2D eigenvalue weighted by molar-refractivity contribution is 5.93. The fraction of sp³-hybridized carbons (Fsp3) is 0.250. The fourth-order valence-electron chi connectivity index (χ4n) is 1.95. The number of carbonyl (C=O) groups is 1. The molecule has 0 saturated carbocycles. The van der Waals surface area contributed by atoms with Gasteiger partial charge in [0.05, 0.1) is 11.6 Å². The Bertz CT molecular complexity index is 626. The highest BCUT2D eigenvalue weighted by Gasteiger charge is 2.10. The molecule has 0 bridgehead atoms. The van der Waals surface area contributed by atoms with Gasteiger partial charge in [-0.2, -0.15) is 0 Å². The summed E-state index contributed by atoms with van der Waals surface area (Å²) in [6.45, 7) is 1.93. The average molecular weight is 287 g/mol. The van der Waals surface area contributed by atoms with E-state index < -0.39 is 0 Å². The first kappa shape index (κ1) is 15.0. The van der Waals surface area contributed by atoms with Crippen molar-refractivity contribution in [3.63, 3.8) is 0 Å². The molecule has 1 amide bonds. The lowest BCUT2D eigenvalue weighted by Gasteiger charge is -2.15. The van der Waals surface area contributed by atoms with Gasteiger partial charge in [-0.25, -0.2) is 9.37 Å². The Kier molecular flexibility index (Phi) is 4.52. The number of hydrogen-bond acceptors (Lipinski definition) is 3. The fourth-order valence-corrected chi connectivity index (χ4v) is 1.95. The summed E-state index contributed by atoms with van der Waals surface area (Å²) in [6.07, 6.45) is 1.53. The molecular weight excluding hydrogens is 269 g/mol. The van der Waals surface area contributed by atoms with Crippen molar-refractivity contribution in [1.29, 1.82) is 0 Å². The number of amides is 1. The zero-order valence-corrected chi connectivity index (χ0v) is 12.3. The van der Waals surface area contributed by atoms with Crippen molar-refractivity contribution in [1.82, 2.24) is 9.88 Å². The second-order valence-electron chi connectivity index (χ2n) is 5.05. The predicted octanol–water partition coefficient (Wildman–Crippen LogP) is 3.10. The largest absolute Gasteiger partial charge is 0.364 e. The van der Waals surface area contributed by atoms with Crippen molar-refractivity contribution in [3.8, 4) is 0 Å². The Balaban J connectivity index is 2.08. The first-order chi connectivity index (χ1) is 9.97. The maximum Gasteiger partial charge on any atom is 0.254 e. The van der Waals surface area contributed by atoms with Crippen molar-refractivity contribution >= 4 is 11.7 Å². The Morgan fingerprint density at radius 1 is 1.29 bits per heavy atom. The van der Waals surface area contributed by atoms with Crippen LogP contribution in [0.25, 0.3) is 0 Å². The molecule has 1 heterocycles. The van der Waals surface area contributed by atoms with E-state index in [0.717, 1.165) is 5.56 Å². The van der Waals surface area contributed by atoms with Crippen molar-refractivity contribution < 1.29 is 9.18 Å². The minimum absolute atomic E-state index is 0.0800. The quantitative estimate of drug-likeness (QED) is 0.940. The topological polar surface area (TPSA) is 45.2 Å². The first-order valence-electron chi connectivity index (χ1n) is 6.67. The third-order valence-corrected chi connectivity index (χ3v) is 3.13. The van der Waals surface area contributed by atoms with Gasteiger partial charge < -0.3 is 10.2 Å². The number of carbonyl (C=O) groups excluding carboxylic acids is 1. The zero-order chi connectivity index (χ0) is 15.4. The molecule has 0 radical (unpaired) electrons. The summed E-state index contributed by atoms with van der Waals surface area (Å²) in [5, 5.41) is 3.18. The van der Waals surface area contributed by atoms with Gasteiger partial charge in [0.1, 0.15) is 11.6 Å². The monoisotopic (exact) mass is 287 g/mol. The van der Waals surface area contributed by atoms with E-state index in [1.54, 1.807) is 32.3 Å². The van der Waals surface area contributed by atoms with Gasteiger partial charge in [-0.1, -0.05) is 12.1 Å². The molecule has 0 aliphatic rings. The van der Waals surface area contributed by atoms with E-state index in [0.29, 0.717) is 11.4 Å². The summed E-state index contributed by atoms with van der Waals surface area (Å²) in [7, 11) is 3.39. The van der Waals surface area contributed by atoms with Crippen LogP contribution >= 0.6 is 0 Å². The maximum atomic E-state index is 13.2. The molecule has 0 spiro atoms. The number of nitrogens with one attached hydrogen (secondary N) is 1. The number of pyridine rings is 1. The minimum atomic E-state index is -0.263. The Morgan fingerprint density at radius 3 is 2.62 bits per heavy atom. The molecule has 0 saturated heterocycles. The predicted molar refractivity (Wildman–Crippen MR) is 80.7 cm³/mol. The standard InChI is InChI=1S/C16H18FN3O/c1-11(12-5-4-6-14(17)9-12)19-15-8-7-13(10-18-15)16(21)20(2)3/h4-11H,1-3H3,(H,18,19). The second-order valence-corrected chi connectivity index (χ2v) is 5.05. The van der Waals surface area contributed by atoms with E-state index in [1.165, 1.54) is 23.2 Å². The number of anilines is 1. The second kappa shape index (κ2) is 6.35. The van der Waals surface area contributed by atoms with Crippen molar-refractivity contribution in [2.75, 3.05) is 19.4 Å². The normalized spacial score (nSPS) is 11.8. The highest BCUT2D eigenvalue weighted by atomic mass is 19.1. The molecule has 0 fully saturated rings. The van der Waals surface area contributed by atoms with Crippen LogP contribution in [0.3, 0.4) is 0 Å². The van der Waals surface area contributed by atoms with E-state index in [1.807, 2.05) is 13.0 Å². The van der Waals surface area contributed by atoms with Crippen LogP contribution in [0.15, 0.2) is 42.6 Å². The molecule has 1 atom stereocenters. The molecule has 0 aliphatic carbocycles. The Hall–Kier alpha value is -2.43. The molecule has 5 heteroatoms. The smallest absolute Gasteiger partial charge is 0.254 e. The molecule has 4 nitrogen and oxygen atoms in total. The maximum absolute atomic E-state index is 13.2. The lowest BCUT2D eigenvalue weighted by atomic mass is 10.1. The van der Waals surface area contributed by atoms with Crippen LogP contribution in [-0.2, 0) is 0 Å². The molecule has 2 rings (SSSR count). The molecule has 110 valence electrons. The summed E-state index contributed by atoms with van der Waals surface area (Å²) in [5.74, 6) is 0.287. The number of halogens is 1. The number of hydrogen-bond donors (Lipinski definition) is 1. The molecular formula is C16H18FN3O. The molecule has 21 heavy (non-hydrogen) atoms. The Morgan fingerprint density at radius 2 is 2.05 bits per heavy atom. The van der Waals surface area contributed by atoms with Gasteiger partial charge in [-0.15, -0.1) is 0 Å². The molecule has 1 aromatic carbocycles. The van der Waals surface area contributed by atoms with Crippen molar-refractivity contribution in [3.05, 3.63) is 59.5 Å². The Labute approximate surface area is 123 Å². The summed E-state index contributed by atoms with van der Waals surface area (Å²) in [5.41, 5.74) is 1.37. The van der Waals surface area contributed by atoms with Gasteiger partial charge in [0.25, 0.3) is 5.91 Å². The van der Waals surface area contributed by atoms with Crippen LogP contribution in [0.5, 0.6) is 0 Å². The van der Waals surface area contributed by atoms with Crippen LogP contribution in [0.2, 0.25) is 0 Å². The van der Waals surface area contributed by atoms with Gasteiger partial charge in [0, 0.05) is 20.3 Å². The minimum Gasteiger partial charge on any atom is -0.364 e. The van der Waals surface area contributed by atoms with Gasteiger partial charge >= 0.3 is 0 Å². The summed E-state index contributed by atoms with van der Waals surface area (Å²) in [4.78, 5) is 17.5. The average Bonchev–Trinajstić information content (AvgIpc) is 2.47. The molecule has 1 unspecified atom stereocenters. The van der Waals surface area contributed by atoms with Crippen molar-refractivity contribution in [2.45, 2.75) is 13.0 Å².